The molecule has 1 saturated heterocycles. The Bertz CT molecular complexity index is 922. The van der Waals surface area contributed by atoms with Gasteiger partial charge in [0, 0.05) is 25.1 Å². The third-order valence-electron chi connectivity index (χ3n) is 6.17. The predicted octanol–water partition coefficient (Wildman–Crippen LogP) is 1.58. The second kappa shape index (κ2) is 7.41. The van der Waals surface area contributed by atoms with Gasteiger partial charge in [-0.25, -0.2) is 13.8 Å². The Morgan fingerprint density at radius 1 is 1.37 bits per heavy atom. The zero-order valence-corrected chi connectivity index (χ0v) is 16.5. The van der Waals surface area contributed by atoms with Gasteiger partial charge in [-0.1, -0.05) is 0 Å². The highest BCUT2D eigenvalue weighted by molar-refractivity contribution is 5.96. The van der Waals surface area contributed by atoms with Gasteiger partial charge >= 0.3 is 0 Å². The molecule has 8 nitrogen and oxygen atoms in total. The van der Waals surface area contributed by atoms with Crippen LogP contribution in [0.5, 0.6) is 0 Å². The maximum Gasteiger partial charge on any atom is 0.266 e. The minimum Gasteiger partial charge on any atom is -0.323 e. The van der Waals surface area contributed by atoms with Crippen molar-refractivity contribution >= 4 is 17.5 Å². The number of halogens is 2. The first-order chi connectivity index (χ1) is 14.2. The van der Waals surface area contributed by atoms with Crippen LogP contribution in [0.3, 0.4) is 0 Å². The molecular formula is C20H22F2N6O2. The van der Waals surface area contributed by atoms with Gasteiger partial charge in [-0.05, 0) is 37.5 Å². The summed E-state index contributed by atoms with van der Waals surface area (Å²) in [6.45, 7) is -0.123. The molecule has 2 amide bonds. The quantitative estimate of drug-likeness (QED) is 0.801. The van der Waals surface area contributed by atoms with E-state index in [9.17, 15) is 18.4 Å². The first-order valence-corrected chi connectivity index (χ1v) is 9.75. The van der Waals surface area contributed by atoms with Crippen LogP contribution in [-0.2, 0) is 9.59 Å². The van der Waals surface area contributed by atoms with Crippen LogP contribution >= 0.6 is 0 Å². The van der Waals surface area contributed by atoms with Gasteiger partial charge in [0.2, 0.25) is 5.91 Å². The summed E-state index contributed by atoms with van der Waals surface area (Å²) in [6, 6.07) is 4.89. The highest BCUT2D eigenvalue weighted by Gasteiger charge is 2.64. The number of likely N-dealkylation sites (tertiary alicyclic amines) is 1. The smallest absolute Gasteiger partial charge is 0.266 e. The van der Waals surface area contributed by atoms with Crippen LogP contribution in [0.1, 0.15) is 25.0 Å². The Morgan fingerprint density at radius 3 is 2.73 bits per heavy atom. The molecule has 1 atom stereocenters. The fourth-order valence-corrected chi connectivity index (χ4v) is 4.13. The van der Waals surface area contributed by atoms with Crippen LogP contribution in [0, 0.1) is 16.7 Å². The van der Waals surface area contributed by atoms with Gasteiger partial charge in [-0.3, -0.25) is 19.5 Å². The van der Waals surface area contributed by atoms with Crippen molar-refractivity contribution in [3.05, 3.63) is 36.2 Å². The summed E-state index contributed by atoms with van der Waals surface area (Å²) in [4.78, 5) is 30.3. The second-order valence-corrected chi connectivity index (χ2v) is 8.04. The van der Waals surface area contributed by atoms with Gasteiger partial charge in [-0.15, -0.1) is 0 Å². The number of piperidine rings is 1. The molecule has 0 radical (unpaired) electrons. The predicted molar refractivity (Wildman–Crippen MR) is 103 cm³/mol. The van der Waals surface area contributed by atoms with Crippen molar-refractivity contribution in [2.75, 3.05) is 32.0 Å². The molecule has 158 valence electrons. The van der Waals surface area contributed by atoms with Gasteiger partial charge in [0.15, 0.2) is 0 Å². The molecule has 3 aliphatic rings. The Hall–Kier alpha value is -2.90. The summed E-state index contributed by atoms with van der Waals surface area (Å²) in [5.74, 6) is -3.62. The highest BCUT2D eigenvalue weighted by atomic mass is 19.3. The second-order valence-electron chi connectivity index (χ2n) is 8.04. The number of hydrogen-bond donors (Lipinski definition) is 1. The molecule has 1 spiro atoms. The zero-order valence-electron chi connectivity index (χ0n) is 16.5. The van der Waals surface area contributed by atoms with Crippen molar-refractivity contribution < 1.29 is 18.4 Å². The van der Waals surface area contributed by atoms with E-state index in [-0.39, 0.29) is 18.8 Å². The number of hydrogen-bond acceptors (Lipinski definition) is 6. The van der Waals surface area contributed by atoms with E-state index in [1.807, 2.05) is 6.07 Å². The monoisotopic (exact) mass is 416 g/mol. The Morgan fingerprint density at radius 2 is 2.13 bits per heavy atom. The number of likely N-dealkylation sites (N-methyl/N-ethyl adjacent to an activating group) is 1. The number of anilines is 1. The number of nitriles is 1. The third kappa shape index (κ3) is 3.66. The topological polar surface area (TPSA) is 92.6 Å². The van der Waals surface area contributed by atoms with E-state index in [2.05, 4.69) is 10.3 Å². The van der Waals surface area contributed by atoms with Crippen molar-refractivity contribution in [1.29, 1.82) is 5.26 Å². The number of amides is 2. The summed E-state index contributed by atoms with van der Waals surface area (Å²) in [6.07, 6.45) is 5.30. The highest BCUT2D eigenvalue weighted by Crippen LogP contribution is 2.61. The standard InChI is InChI=1S/C20H22F2N6O2/c1-26-17(27-9-8-19(6-7-19)20(21,22)13-27)4-5-18(30)28(26)12-16(29)25-15-3-2-14(10-23)24-11-15/h2-5,11,17H,6-9,12-13H2,1H3,(H,25,29). The van der Waals surface area contributed by atoms with Crippen molar-refractivity contribution in [2.24, 2.45) is 5.41 Å². The van der Waals surface area contributed by atoms with E-state index in [0.717, 1.165) is 0 Å². The van der Waals surface area contributed by atoms with Crippen LogP contribution < -0.4 is 5.32 Å². The largest absolute Gasteiger partial charge is 0.323 e. The molecule has 1 saturated carbocycles. The number of nitrogens with zero attached hydrogens (tertiary/aromatic N) is 5. The summed E-state index contributed by atoms with van der Waals surface area (Å²) >= 11 is 0. The number of nitrogens with one attached hydrogen (secondary N) is 1. The summed E-state index contributed by atoms with van der Waals surface area (Å²) in [5.41, 5.74) is -0.229. The van der Waals surface area contributed by atoms with Crippen LogP contribution in [-0.4, -0.2) is 70.5 Å². The minimum absolute atomic E-state index is 0.221. The summed E-state index contributed by atoms with van der Waals surface area (Å²) in [5, 5.41) is 14.2. The lowest BCUT2D eigenvalue weighted by Crippen LogP contribution is -2.62. The van der Waals surface area contributed by atoms with E-state index in [0.29, 0.717) is 31.5 Å². The van der Waals surface area contributed by atoms with E-state index in [4.69, 9.17) is 5.26 Å². The summed E-state index contributed by atoms with van der Waals surface area (Å²) in [7, 11) is 1.61. The van der Waals surface area contributed by atoms with E-state index in [1.54, 1.807) is 18.0 Å². The van der Waals surface area contributed by atoms with Gasteiger partial charge in [-0.2, -0.15) is 10.3 Å². The molecule has 1 N–H and O–H groups in total. The molecule has 1 aromatic rings. The molecule has 0 aromatic carbocycles. The number of hydrazine groups is 1. The molecule has 0 bridgehead atoms. The Kier molecular flexibility index (Phi) is 5.03. The number of aromatic nitrogens is 1. The lowest BCUT2D eigenvalue weighted by Gasteiger charge is -2.47. The van der Waals surface area contributed by atoms with Crippen LogP contribution in [0.15, 0.2) is 30.5 Å². The first-order valence-electron chi connectivity index (χ1n) is 9.75. The number of rotatable bonds is 4. The summed E-state index contributed by atoms with van der Waals surface area (Å²) < 4.78 is 29.2. The normalized spacial score (nSPS) is 25.2. The lowest BCUT2D eigenvalue weighted by molar-refractivity contribution is -0.173. The van der Waals surface area contributed by atoms with Crippen molar-refractivity contribution in [2.45, 2.75) is 31.4 Å². The van der Waals surface area contributed by atoms with E-state index < -0.39 is 29.3 Å². The molecule has 2 fully saturated rings. The fraction of sp³-hybridized carbons (Fsp3) is 0.500. The molecule has 4 rings (SSSR count). The third-order valence-corrected chi connectivity index (χ3v) is 6.17. The van der Waals surface area contributed by atoms with Crippen LogP contribution in [0.2, 0.25) is 0 Å². The van der Waals surface area contributed by atoms with Gasteiger partial charge in [0.05, 0.1) is 24.6 Å². The average Bonchev–Trinajstić information content (AvgIpc) is 3.50. The molecule has 10 heteroatoms. The molecular weight excluding hydrogens is 394 g/mol. The van der Waals surface area contributed by atoms with Crippen molar-refractivity contribution in [1.82, 2.24) is 19.9 Å². The van der Waals surface area contributed by atoms with Crippen molar-refractivity contribution in [3.8, 4) is 6.07 Å². The number of carbonyl (C=O) groups is 2. The number of pyridine rings is 1. The number of carbonyl (C=O) groups excluding carboxylic acids is 2. The van der Waals surface area contributed by atoms with Gasteiger partial charge in [0.25, 0.3) is 11.8 Å². The van der Waals surface area contributed by atoms with Crippen LogP contribution in [0.4, 0.5) is 14.5 Å². The molecule has 1 unspecified atom stereocenters. The first kappa shape index (κ1) is 20.4. The molecule has 30 heavy (non-hydrogen) atoms. The molecule has 1 aromatic heterocycles. The van der Waals surface area contributed by atoms with Gasteiger partial charge < -0.3 is 5.32 Å². The van der Waals surface area contributed by atoms with Gasteiger partial charge in [0.1, 0.15) is 18.3 Å². The maximum atomic E-state index is 14.6. The average molecular weight is 416 g/mol. The molecule has 2 aliphatic heterocycles. The maximum absolute atomic E-state index is 14.6. The Labute approximate surface area is 172 Å². The molecule has 3 heterocycles. The minimum atomic E-state index is -2.76. The van der Waals surface area contributed by atoms with Crippen molar-refractivity contribution in [3.63, 3.8) is 0 Å². The Balaban J connectivity index is 1.41. The zero-order chi connectivity index (χ0) is 21.5. The molecule has 1 aliphatic carbocycles. The number of alkyl halides is 2. The lowest BCUT2D eigenvalue weighted by atomic mass is 9.89. The fourth-order valence-electron chi connectivity index (χ4n) is 4.13. The van der Waals surface area contributed by atoms with E-state index >= 15 is 0 Å². The van der Waals surface area contributed by atoms with Crippen LogP contribution in [0.25, 0.3) is 0 Å². The van der Waals surface area contributed by atoms with E-state index in [1.165, 1.54) is 34.4 Å². The SMILES string of the molecule is CN1C(N2CCC3(CC3)C(F)(F)C2)C=CC(=O)N1CC(=O)Nc1ccc(C#N)nc1.